The lowest BCUT2D eigenvalue weighted by molar-refractivity contribution is -0.131. The van der Waals surface area contributed by atoms with Crippen molar-refractivity contribution in [3.05, 3.63) is 12.7 Å². The third-order valence-electron chi connectivity index (χ3n) is 2.24. The third-order valence-corrected chi connectivity index (χ3v) is 2.24. The summed E-state index contributed by atoms with van der Waals surface area (Å²) >= 11 is 0. The van der Waals surface area contributed by atoms with Gasteiger partial charge in [-0.1, -0.05) is 52.0 Å². The van der Waals surface area contributed by atoms with E-state index < -0.39 is 12.3 Å². The van der Waals surface area contributed by atoms with Crippen LogP contribution in [-0.2, 0) is 4.79 Å². The summed E-state index contributed by atoms with van der Waals surface area (Å²) in [5, 5.41) is 24.7. The molecule has 0 amide bonds. The monoisotopic (exact) mass is 246 g/mol. The smallest absolute Gasteiger partial charge is 0.327 e. The molecule has 0 aromatic heterocycles. The highest BCUT2D eigenvalue weighted by Gasteiger charge is 1.96. The van der Waals surface area contributed by atoms with Gasteiger partial charge < -0.3 is 15.3 Å². The minimum atomic E-state index is -1.10. The normalized spacial score (nSPS) is 9.65. The number of unbranched alkanes of at least 4 members (excludes halogenated alkanes) is 6. The number of hydrogen-bond acceptors (Lipinski definition) is 3. The van der Waals surface area contributed by atoms with E-state index in [1.165, 1.54) is 32.1 Å². The van der Waals surface area contributed by atoms with Crippen molar-refractivity contribution in [3.63, 3.8) is 0 Å². The number of aliphatic hydroxyl groups excluding tert-OH is 1. The molecule has 0 unspecified atom stereocenters. The van der Waals surface area contributed by atoms with E-state index in [2.05, 4.69) is 13.5 Å². The molecule has 0 aliphatic heterocycles. The first-order valence-electron chi connectivity index (χ1n) is 6.26. The molecule has 4 nitrogen and oxygen atoms in total. The molecular weight excluding hydrogens is 220 g/mol. The van der Waals surface area contributed by atoms with Gasteiger partial charge in [0.2, 0.25) is 0 Å². The lowest BCUT2D eigenvalue weighted by Gasteiger charge is -2.02. The number of carboxylic acids is 1. The average molecular weight is 246 g/mol. The van der Waals surface area contributed by atoms with E-state index in [-0.39, 0.29) is 0 Å². The van der Waals surface area contributed by atoms with Crippen LogP contribution in [0.2, 0.25) is 0 Å². The van der Waals surface area contributed by atoms with E-state index in [1.54, 1.807) is 0 Å². The van der Waals surface area contributed by atoms with Crippen LogP contribution >= 0.6 is 0 Å². The summed E-state index contributed by atoms with van der Waals surface area (Å²) in [6.45, 7) is 5.17. The van der Waals surface area contributed by atoms with Gasteiger partial charge in [0.1, 0.15) is 0 Å². The van der Waals surface area contributed by atoms with Crippen molar-refractivity contribution < 1.29 is 20.1 Å². The van der Waals surface area contributed by atoms with E-state index in [0.717, 1.165) is 18.9 Å². The highest BCUT2D eigenvalue weighted by Crippen LogP contribution is 2.08. The van der Waals surface area contributed by atoms with Crippen molar-refractivity contribution in [3.8, 4) is 0 Å². The fraction of sp³-hybridized carbons (Fsp3) is 0.769. The van der Waals surface area contributed by atoms with Gasteiger partial charge in [0, 0.05) is 6.08 Å². The maximum atomic E-state index is 9.25. The fourth-order valence-corrected chi connectivity index (χ4v) is 1.28. The Morgan fingerprint density at radius 2 is 1.53 bits per heavy atom. The zero-order valence-electron chi connectivity index (χ0n) is 10.8. The number of rotatable bonds is 9. The summed E-state index contributed by atoms with van der Waals surface area (Å²) in [5.74, 6) is -0.981. The van der Waals surface area contributed by atoms with Crippen molar-refractivity contribution >= 4 is 5.97 Å². The van der Waals surface area contributed by atoms with E-state index in [1.807, 2.05) is 0 Å². The summed E-state index contributed by atoms with van der Waals surface area (Å²) in [7, 11) is 0. The van der Waals surface area contributed by atoms with Crippen molar-refractivity contribution in [2.75, 3.05) is 0 Å². The first-order valence-corrected chi connectivity index (χ1v) is 6.26. The second-order valence-corrected chi connectivity index (χ2v) is 3.93. The highest BCUT2D eigenvalue weighted by atomic mass is 16.5. The molecule has 0 radical (unpaired) electrons. The lowest BCUT2D eigenvalue weighted by Crippen LogP contribution is -2.02. The SMILES string of the molecule is C=CC(=O)O.CCCCCCCCCC(O)O. The molecule has 0 aliphatic carbocycles. The lowest BCUT2D eigenvalue weighted by atomic mass is 10.1. The molecule has 0 bridgehead atoms. The van der Waals surface area contributed by atoms with Gasteiger partial charge in [-0.3, -0.25) is 0 Å². The number of carbonyl (C=O) groups is 1. The molecule has 102 valence electrons. The van der Waals surface area contributed by atoms with Crippen LogP contribution in [0.5, 0.6) is 0 Å². The first-order chi connectivity index (χ1) is 8.04. The molecule has 0 aromatic carbocycles. The van der Waals surface area contributed by atoms with Gasteiger partial charge in [0.05, 0.1) is 0 Å². The molecular formula is C13H26O4. The molecule has 17 heavy (non-hydrogen) atoms. The highest BCUT2D eigenvalue weighted by molar-refractivity contribution is 5.78. The van der Waals surface area contributed by atoms with Gasteiger partial charge in [-0.15, -0.1) is 0 Å². The number of hydrogen-bond donors (Lipinski definition) is 3. The third kappa shape index (κ3) is 25.4. The Hall–Kier alpha value is -0.870. The summed E-state index contributed by atoms with van der Waals surface area (Å²) < 4.78 is 0. The largest absolute Gasteiger partial charge is 0.478 e. The topological polar surface area (TPSA) is 77.8 Å². The maximum Gasteiger partial charge on any atom is 0.327 e. The first kappa shape index (κ1) is 18.5. The van der Waals surface area contributed by atoms with Crippen molar-refractivity contribution in [1.29, 1.82) is 0 Å². The Balaban J connectivity index is 0. The molecule has 0 aromatic rings. The van der Waals surface area contributed by atoms with Gasteiger partial charge in [0.15, 0.2) is 6.29 Å². The van der Waals surface area contributed by atoms with Crippen molar-refractivity contribution in [2.45, 2.75) is 64.6 Å². The quantitative estimate of drug-likeness (QED) is 0.332. The molecule has 0 atom stereocenters. The standard InChI is InChI=1S/C10H22O2.C3H4O2/c1-2-3-4-5-6-7-8-9-10(11)12;1-2-3(4)5/h10-12H,2-9H2,1H3;2H,1H2,(H,4,5). The van der Waals surface area contributed by atoms with E-state index in [0.29, 0.717) is 6.42 Å². The van der Waals surface area contributed by atoms with Crippen LogP contribution in [0.4, 0.5) is 0 Å². The Kier molecular flexibility index (Phi) is 16.5. The second kappa shape index (κ2) is 15.1. The number of aliphatic carboxylic acids is 1. The van der Waals surface area contributed by atoms with E-state index >= 15 is 0 Å². The van der Waals surface area contributed by atoms with Crippen LogP contribution in [0.3, 0.4) is 0 Å². The van der Waals surface area contributed by atoms with E-state index in [9.17, 15) is 4.79 Å². The van der Waals surface area contributed by atoms with Crippen LogP contribution in [0.15, 0.2) is 12.7 Å². The maximum absolute atomic E-state index is 9.25. The van der Waals surface area contributed by atoms with Crippen LogP contribution < -0.4 is 0 Å². The predicted molar refractivity (Wildman–Crippen MR) is 68.7 cm³/mol. The van der Waals surface area contributed by atoms with Gasteiger partial charge in [-0.2, -0.15) is 0 Å². The molecule has 0 spiro atoms. The van der Waals surface area contributed by atoms with Crippen LogP contribution in [0, 0.1) is 0 Å². The minimum Gasteiger partial charge on any atom is -0.478 e. The van der Waals surface area contributed by atoms with Gasteiger partial charge >= 0.3 is 5.97 Å². The Labute approximate surface area is 104 Å². The van der Waals surface area contributed by atoms with Gasteiger partial charge in [0.25, 0.3) is 0 Å². The zero-order valence-corrected chi connectivity index (χ0v) is 10.8. The second-order valence-electron chi connectivity index (χ2n) is 3.93. The molecule has 0 rings (SSSR count). The summed E-state index contributed by atoms with van der Waals surface area (Å²) in [6, 6.07) is 0. The molecule has 0 saturated carbocycles. The summed E-state index contributed by atoms with van der Waals surface area (Å²) in [5.41, 5.74) is 0. The van der Waals surface area contributed by atoms with Crippen LogP contribution in [0.25, 0.3) is 0 Å². The van der Waals surface area contributed by atoms with Crippen LogP contribution in [-0.4, -0.2) is 27.6 Å². The van der Waals surface area contributed by atoms with Crippen molar-refractivity contribution in [2.24, 2.45) is 0 Å². The minimum absolute atomic E-state index is 0.535. The average Bonchev–Trinajstić information content (AvgIpc) is 2.28. The Bertz CT molecular complexity index is 178. The van der Waals surface area contributed by atoms with Crippen molar-refractivity contribution in [1.82, 2.24) is 0 Å². The summed E-state index contributed by atoms with van der Waals surface area (Å²) in [6.07, 6.45) is 8.86. The van der Waals surface area contributed by atoms with Gasteiger partial charge in [-0.05, 0) is 12.8 Å². The predicted octanol–water partition coefficient (Wildman–Crippen LogP) is 2.69. The molecule has 4 heteroatoms. The number of carboxylic acid groups (broad SMARTS) is 1. The summed E-state index contributed by atoms with van der Waals surface area (Å²) in [4.78, 5) is 9.25. The molecule has 0 saturated heterocycles. The molecule has 3 N–H and O–H groups in total. The van der Waals surface area contributed by atoms with Crippen LogP contribution in [0.1, 0.15) is 58.3 Å². The molecule has 0 fully saturated rings. The zero-order chi connectivity index (χ0) is 13.5. The van der Waals surface area contributed by atoms with E-state index in [4.69, 9.17) is 15.3 Å². The number of aliphatic hydroxyl groups is 2. The van der Waals surface area contributed by atoms with Gasteiger partial charge in [-0.25, -0.2) is 4.79 Å². The fourth-order valence-electron chi connectivity index (χ4n) is 1.28. The Morgan fingerprint density at radius 3 is 1.88 bits per heavy atom. The molecule has 0 aliphatic rings. The molecule has 0 heterocycles. The Morgan fingerprint density at radius 1 is 1.12 bits per heavy atom.